The second kappa shape index (κ2) is 13.8. The van der Waals surface area contributed by atoms with Gasteiger partial charge in [0.05, 0.1) is 0 Å². The normalized spacial score (nSPS) is 16.3. The summed E-state index contributed by atoms with van der Waals surface area (Å²) in [5.74, 6) is 0. The smallest absolute Gasteiger partial charge is 0.147 e. The molecule has 0 saturated heterocycles. The van der Waals surface area contributed by atoms with Crippen molar-refractivity contribution in [1.29, 1.82) is 0 Å². The van der Waals surface area contributed by atoms with Crippen LogP contribution in [0, 0.1) is 13.8 Å². The van der Waals surface area contributed by atoms with E-state index >= 15 is 0 Å². The molecule has 4 heteroatoms. The zero-order chi connectivity index (χ0) is 37.1. The van der Waals surface area contributed by atoms with E-state index in [1.54, 1.807) is 22.3 Å². The Morgan fingerprint density at radius 3 is 1.16 bits per heavy atom. The molecule has 0 heterocycles. The second-order valence-corrected chi connectivity index (χ2v) is 48.1. The minimum absolute atomic E-state index is 0. The SMILES string of the molecule is CC1=Cc2c(-c3cccc4cc5ccccc5cc34)cc(C)cc2[CH]1[Zr]([CH3])([CH3])(=[SiH2])[CH]1C(C)=Cc2c(-c3cccc4cc5ccccc5cc34)cc(C)cc21.Cl.Cl. The molecule has 278 valence electrons. The molecule has 0 radical (unpaired) electrons. The fourth-order valence-electron chi connectivity index (χ4n) is 11.1. The van der Waals surface area contributed by atoms with Gasteiger partial charge < -0.3 is 0 Å². The van der Waals surface area contributed by atoms with E-state index in [0.29, 0.717) is 7.25 Å². The molecule has 10 rings (SSSR count). The summed E-state index contributed by atoms with van der Waals surface area (Å²) in [5.41, 5.74) is 17.2. The van der Waals surface area contributed by atoms with Crippen LogP contribution in [-0.4, -0.2) is 6.88 Å². The van der Waals surface area contributed by atoms with E-state index in [1.165, 1.54) is 87.6 Å². The van der Waals surface area contributed by atoms with Gasteiger partial charge in [0.25, 0.3) is 0 Å². The van der Waals surface area contributed by atoms with E-state index in [0.717, 1.165) is 0 Å². The number of rotatable bonds is 4. The van der Waals surface area contributed by atoms with Gasteiger partial charge in [-0.15, -0.1) is 24.8 Å². The summed E-state index contributed by atoms with van der Waals surface area (Å²) in [5, 5.41) is 10.5. The third kappa shape index (κ3) is 5.94. The Morgan fingerprint density at radius 2 is 0.768 bits per heavy atom. The largest absolute Gasteiger partial charge is 0.147 e. The summed E-state index contributed by atoms with van der Waals surface area (Å²) in [7, 11) is 0. The molecule has 2 aliphatic carbocycles. The predicted molar refractivity (Wildman–Crippen MR) is 251 cm³/mol. The van der Waals surface area contributed by atoms with E-state index in [4.69, 9.17) is 0 Å². The molecule has 0 N–H and O–H groups in total. The van der Waals surface area contributed by atoms with Gasteiger partial charge in [0.2, 0.25) is 0 Å². The molecule has 0 amide bonds. The van der Waals surface area contributed by atoms with Crippen LogP contribution in [0.5, 0.6) is 0 Å². The topological polar surface area (TPSA) is 0 Å². The maximum atomic E-state index is 2.77. The van der Waals surface area contributed by atoms with Gasteiger partial charge in [-0.2, -0.15) is 0 Å². The fraction of sp³-hybridized carbons (Fsp3) is 0.154. The van der Waals surface area contributed by atoms with Crippen LogP contribution in [0.1, 0.15) is 54.5 Å². The summed E-state index contributed by atoms with van der Waals surface area (Å²) in [6, 6.07) is 50.8. The van der Waals surface area contributed by atoms with E-state index < -0.39 is 17.4 Å². The van der Waals surface area contributed by atoms with Gasteiger partial charge in [-0.25, -0.2) is 0 Å². The molecule has 0 fully saturated rings. The van der Waals surface area contributed by atoms with Gasteiger partial charge in [-0.1, -0.05) is 0 Å². The van der Waals surface area contributed by atoms with Crippen LogP contribution >= 0.6 is 24.8 Å². The van der Waals surface area contributed by atoms with Crippen LogP contribution in [0.2, 0.25) is 9.26 Å². The van der Waals surface area contributed by atoms with E-state index in [9.17, 15) is 0 Å². The van der Waals surface area contributed by atoms with Crippen molar-refractivity contribution in [3.05, 3.63) is 178 Å². The van der Waals surface area contributed by atoms with Crippen molar-refractivity contribution >= 4 is 86.9 Å². The molecule has 8 aromatic carbocycles. The summed E-state index contributed by atoms with van der Waals surface area (Å²) in [6.45, 7) is 11.9. The number of hydrogen-bond donors (Lipinski definition) is 0. The number of benzene rings is 8. The first-order chi connectivity index (χ1) is 25.9. The summed E-state index contributed by atoms with van der Waals surface area (Å²) >= 11 is -3.79. The van der Waals surface area contributed by atoms with Crippen molar-refractivity contribution in [1.82, 2.24) is 0 Å². The maximum Gasteiger partial charge on any atom is -0.147 e. The Kier molecular flexibility index (Phi) is 9.57. The molecule has 0 bridgehead atoms. The average Bonchev–Trinajstić information content (AvgIpc) is 3.68. The molecule has 0 saturated carbocycles. The van der Waals surface area contributed by atoms with Gasteiger partial charge >= 0.3 is 324 Å². The molecule has 2 atom stereocenters. The zero-order valence-corrected chi connectivity index (χ0v) is 38.5. The molecule has 0 aliphatic heterocycles. The Bertz CT molecular complexity index is 2890. The number of fused-ring (bicyclic) bond motifs is 6. The predicted octanol–water partition coefficient (Wildman–Crippen LogP) is 15.0. The number of halogens is 2. The second-order valence-electron chi connectivity index (χ2n) is 17.7. The Balaban J connectivity index is 0.00000220. The molecular weight excluding hydrogens is 815 g/mol. The summed E-state index contributed by atoms with van der Waals surface area (Å²) < 4.78 is 6.46. The van der Waals surface area contributed by atoms with Crippen LogP contribution in [-0.2, 0) is 17.4 Å². The number of allylic oxidation sites excluding steroid dienone is 2. The van der Waals surface area contributed by atoms with Gasteiger partial charge in [-0.3, -0.25) is 0 Å². The molecule has 0 spiro atoms. The zero-order valence-electron chi connectivity index (χ0n) is 33.0. The summed E-state index contributed by atoms with van der Waals surface area (Å²) in [6.07, 6.45) is 5.14. The van der Waals surface area contributed by atoms with E-state index in [2.05, 4.69) is 189 Å². The van der Waals surface area contributed by atoms with Gasteiger partial charge in [0.1, 0.15) is 0 Å². The maximum absolute atomic E-state index is 3.79. The van der Waals surface area contributed by atoms with Crippen molar-refractivity contribution in [3.63, 3.8) is 0 Å². The van der Waals surface area contributed by atoms with Crippen molar-refractivity contribution in [2.45, 2.75) is 44.2 Å². The van der Waals surface area contributed by atoms with Crippen molar-refractivity contribution in [3.8, 4) is 22.3 Å². The molecule has 2 unspecified atom stereocenters. The molecule has 8 aromatic rings. The Hall–Kier alpha value is -4.04. The van der Waals surface area contributed by atoms with Crippen LogP contribution in [0.15, 0.2) is 145 Å². The molecule has 2 aliphatic rings. The van der Waals surface area contributed by atoms with E-state index in [-0.39, 0.29) is 24.8 Å². The minimum Gasteiger partial charge on any atom is -0.147 e. The van der Waals surface area contributed by atoms with Crippen LogP contribution in [0.25, 0.3) is 77.5 Å². The molecular formula is C52H48Cl2SiZr. The van der Waals surface area contributed by atoms with Crippen LogP contribution < -0.4 is 0 Å². The summed E-state index contributed by atoms with van der Waals surface area (Å²) in [4.78, 5) is 0. The van der Waals surface area contributed by atoms with Gasteiger partial charge in [-0.05, 0) is 0 Å². The van der Waals surface area contributed by atoms with Crippen LogP contribution in [0.3, 0.4) is 0 Å². The third-order valence-electron chi connectivity index (χ3n) is 13.0. The molecule has 0 aromatic heterocycles. The molecule has 0 nitrogen and oxygen atoms in total. The average molecular weight is 863 g/mol. The van der Waals surface area contributed by atoms with E-state index in [1.807, 2.05) is 0 Å². The van der Waals surface area contributed by atoms with Gasteiger partial charge in [0.15, 0.2) is 0 Å². The van der Waals surface area contributed by atoms with Crippen molar-refractivity contribution < 1.29 is 17.4 Å². The quantitative estimate of drug-likeness (QED) is 0.122. The third-order valence-corrected chi connectivity index (χ3v) is 30.9. The first-order valence-corrected chi connectivity index (χ1v) is 33.2. The monoisotopic (exact) mass is 860 g/mol. The first-order valence-electron chi connectivity index (χ1n) is 19.5. The number of hydrogen-bond acceptors (Lipinski definition) is 0. The van der Waals surface area contributed by atoms with Crippen molar-refractivity contribution in [2.75, 3.05) is 0 Å². The van der Waals surface area contributed by atoms with Gasteiger partial charge in [0, 0.05) is 0 Å². The fourth-order valence-corrected chi connectivity index (χ4v) is 32.3. The van der Waals surface area contributed by atoms with Crippen LogP contribution in [0.4, 0.5) is 0 Å². The first kappa shape index (κ1) is 38.8. The molecule has 56 heavy (non-hydrogen) atoms. The Morgan fingerprint density at radius 1 is 0.411 bits per heavy atom. The Labute approximate surface area is 346 Å². The standard InChI is InChI=1S/2C25H19.2CH3.2ClH.H2Si.Zr/c2*1-16-10-21-11-17(2)13-25(23(21)12-16)22-9-5-8-20-14-18-6-3-4-7-19(18)15-24(20)22;;;;;;/h2*3-15H,1-2H3;2*1H3;2*1H;1H2;. The minimum atomic E-state index is -3.79. The van der Waals surface area contributed by atoms with Crippen molar-refractivity contribution in [2.24, 2.45) is 0 Å². The number of aryl methyl sites for hydroxylation is 2.